The first-order valence-corrected chi connectivity index (χ1v) is 7.57. The lowest BCUT2D eigenvalue weighted by Gasteiger charge is -2.19. The third-order valence-electron chi connectivity index (χ3n) is 3.52. The lowest BCUT2D eigenvalue weighted by molar-refractivity contribution is -0.120. The second-order valence-electron chi connectivity index (χ2n) is 7.58. The van der Waals surface area contributed by atoms with Crippen LogP contribution in [0.3, 0.4) is 0 Å². The van der Waals surface area contributed by atoms with Crippen molar-refractivity contribution in [3.8, 4) is 0 Å². The van der Waals surface area contributed by atoms with Crippen LogP contribution in [0.15, 0.2) is 29.4 Å². The molecule has 122 valence electrons. The molecule has 1 aromatic carbocycles. The number of oxime groups is 1. The molecule has 0 spiro atoms. The molecule has 1 N–H and O–H groups in total. The predicted octanol–water partition coefficient (Wildman–Crippen LogP) is 4.36. The molecular weight excluding hydrogens is 276 g/mol. The minimum atomic E-state index is -0.214. The van der Waals surface area contributed by atoms with Crippen LogP contribution in [-0.2, 0) is 15.0 Å². The lowest BCUT2D eigenvalue weighted by Crippen LogP contribution is -2.20. The van der Waals surface area contributed by atoms with Gasteiger partial charge in [0.15, 0.2) is 6.61 Å². The highest BCUT2D eigenvalue weighted by molar-refractivity contribution is 5.92. The zero-order valence-electron chi connectivity index (χ0n) is 14.8. The first-order chi connectivity index (χ1) is 10.00. The maximum Gasteiger partial charge on any atom is 0.265 e. The molecule has 0 heterocycles. The summed E-state index contributed by atoms with van der Waals surface area (Å²) >= 11 is 0. The van der Waals surface area contributed by atoms with E-state index in [1.165, 1.54) is 5.56 Å². The second-order valence-corrected chi connectivity index (χ2v) is 7.58. The average Bonchev–Trinajstić information content (AvgIpc) is 2.37. The third-order valence-corrected chi connectivity index (χ3v) is 3.52. The molecule has 4 nitrogen and oxygen atoms in total. The predicted molar refractivity (Wildman–Crippen MR) is 92.3 cm³/mol. The summed E-state index contributed by atoms with van der Waals surface area (Å²) in [6, 6.07) is 7.86. The Bertz CT molecular complexity index is 532. The summed E-state index contributed by atoms with van der Waals surface area (Å²) in [6.45, 7) is 14.4. The number of hydrogen-bond acceptors (Lipinski definition) is 3. The quantitative estimate of drug-likeness (QED) is 0.663. The summed E-state index contributed by atoms with van der Waals surface area (Å²) in [7, 11) is 0. The number of nitrogens with one attached hydrogen (secondary N) is 1. The van der Waals surface area contributed by atoms with Crippen molar-refractivity contribution in [3.63, 3.8) is 0 Å². The van der Waals surface area contributed by atoms with Crippen molar-refractivity contribution < 1.29 is 9.63 Å². The van der Waals surface area contributed by atoms with Gasteiger partial charge in [-0.05, 0) is 30.0 Å². The molecule has 0 fully saturated rings. The Labute approximate surface area is 133 Å². The van der Waals surface area contributed by atoms with E-state index in [9.17, 15) is 4.79 Å². The van der Waals surface area contributed by atoms with E-state index >= 15 is 0 Å². The number of anilines is 1. The lowest BCUT2D eigenvalue weighted by atomic mass is 9.87. The Kier molecular flexibility index (Phi) is 5.75. The molecule has 0 saturated heterocycles. The highest BCUT2D eigenvalue weighted by Gasteiger charge is 2.15. The van der Waals surface area contributed by atoms with E-state index in [1.807, 2.05) is 52.0 Å². The van der Waals surface area contributed by atoms with Crippen LogP contribution in [0.5, 0.6) is 0 Å². The summed E-state index contributed by atoms with van der Waals surface area (Å²) < 4.78 is 0. The van der Waals surface area contributed by atoms with Crippen molar-refractivity contribution in [2.75, 3.05) is 11.9 Å². The Morgan fingerprint density at radius 3 is 2.09 bits per heavy atom. The van der Waals surface area contributed by atoms with Gasteiger partial charge in [-0.2, -0.15) is 0 Å². The van der Waals surface area contributed by atoms with Gasteiger partial charge in [0.1, 0.15) is 0 Å². The summed E-state index contributed by atoms with van der Waals surface area (Å²) in [4.78, 5) is 16.9. The zero-order chi connectivity index (χ0) is 17.0. The molecule has 0 aromatic heterocycles. The van der Waals surface area contributed by atoms with Crippen molar-refractivity contribution in [1.29, 1.82) is 0 Å². The van der Waals surface area contributed by atoms with E-state index in [-0.39, 0.29) is 23.3 Å². The molecule has 0 aliphatic carbocycles. The van der Waals surface area contributed by atoms with Crippen LogP contribution in [0.4, 0.5) is 5.69 Å². The van der Waals surface area contributed by atoms with Gasteiger partial charge in [-0.25, -0.2) is 0 Å². The molecule has 22 heavy (non-hydrogen) atoms. The van der Waals surface area contributed by atoms with E-state index in [4.69, 9.17) is 4.84 Å². The van der Waals surface area contributed by atoms with Gasteiger partial charge in [0.2, 0.25) is 0 Å². The molecule has 0 atom stereocenters. The standard InChI is InChI=1S/C18H28N2O2/c1-13(17(2,3)4)20-22-12-16(21)19-15-10-8-14(9-11-15)18(5,6)7/h8-11H,12H2,1-7H3,(H,19,21)/b20-13+. The van der Waals surface area contributed by atoms with Gasteiger partial charge in [-0.3, -0.25) is 4.79 Å². The van der Waals surface area contributed by atoms with E-state index in [2.05, 4.69) is 31.2 Å². The van der Waals surface area contributed by atoms with E-state index in [0.29, 0.717) is 0 Å². The molecular formula is C18H28N2O2. The first-order valence-electron chi connectivity index (χ1n) is 7.57. The van der Waals surface area contributed by atoms with Gasteiger partial charge in [0.05, 0.1) is 5.71 Å². The van der Waals surface area contributed by atoms with Crippen LogP contribution in [-0.4, -0.2) is 18.2 Å². The largest absolute Gasteiger partial charge is 0.386 e. The highest BCUT2D eigenvalue weighted by atomic mass is 16.6. The summed E-state index contributed by atoms with van der Waals surface area (Å²) in [6.07, 6.45) is 0. The number of carbonyl (C=O) groups excluding carboxylic acids is 1. The van der Waals surface area contributed by atoms with Crippen LogP contribution >= 0.6 is 0 Å². The van der Waals surface area contributed by atoms with Crippen molar-refractivity contribution in [1.82, 2.24) is 0 Å². The molecule has 4 heteroatoms. The van der Waals surface area contributed by atoms with Gasteiger partial charge in [-0.1, -0.05) is 58.8 Å². The second kappa shape index (κ2) is 6.95. The SMILES string of the molecule is C/C(=N\OCC(=O)Nc1ccc(C(C)(C)C)cc1)C(C)(C)C. The van der Waals surface area contributed by atoms with Crippen LogP contribution in [0.2, 0.25) is 0 Å². The van der Waals surface area contributed by atoms with Crippen molar-refractivity contribution >= 4 is 17.3 Å². The van der Waals surface area contributed by atoms with Crippen molar-refractivity contribution in [2.24, 2.45) is 10.6 Å². The Morgan fingerprint density at radius 2 is 1.64 bits per heavy atom. The van der Waals surface area contributed by atoms with Crippen molar-refractivity contribution in [3.05, 3.63) is 29.8 Å². The molecule has 1 amide bonds. The highest BCUT2D eigenvalue weighted by Crippen LogP contribution is 2.23. The van der Waals surface area contributed by atoms with Crippen molar-refractivity contribution in [2.45, 2.75) is 53.9 Å². The Balaban J connectivity index is 2.53. The monoisotopic (exact) mass is 304 g/mol. The van der Waals surface area contributed by atoms with Crippen LogP contribution in [0, 0.1) is 5.41 Å². The molecule has 0 radical (unpaired) electrons. The summed E-state index contributed by atoms with van der Waals surface area (Å²) in [5.74, 6) is -0.214. The third kappa shape index (κ3) is 5.88. The van der Waals surface area contributed by atoms with Gasteiger partial charge in [0, 0.05) is 11.1 Å². The number of benzene rings is 1. The summed E-state index contributed by atoms with van der Waals surface area (Å²) in [5.41, 5.74) is 2.89. The topological polar surface area (TPSA) is 50.7 Å². The average molecular weight is 304 g/mol. The minimum absolute atomic E-state index is 0.0563. The molecule has 0 saturated carbocycles. The Morgan fingerprint density at radius 1 is 1.09 bits per heavy atom. The molecule has 0 aliphatic heterocycles. The number of rotatable bonds is 4. The van der Waals surface area contributed by atoms with Crippen LogP contribution in [0.25, 0.3) is 0 Å². The maximum absolute atomic E-state index is 11.8. The van der Waals surface area contributed by atoms with Gasteiger partial charge < -0.3 is 10.2 Å². The molecule has 1 aromatic rings. The van der Waals surface area contributed by atoms with Gasteiger partial charge in [0.25, 0.3) is 5.91 Å². The van der Waals surface area contributed by atoms with E-state index in [0.717, 1.165) is 11.4 Å². The van der Waals surface area contributed by atoms with Gasteiger partial charge >= 0.3 is 0 Å². The van der Waals surface area contributed by atoms with Gasteiger partial charge in [-0.15, -0.1) is 0 Å². The zero-order valence-corrected chi connectivity index (χ0v) is 14.8. The van der Waals surface area contributed by atoms with E-state index < -0.39 is 0 Å². The Hall–Kier alpha value is -1.84. The smallest absolute Gasteiger partial charge is 0.265 e. The summed E-state index contributed by atoms with van der Waals surface area (Å²) in [5, 5.41) is 6.78. The number of hydrogen-bond donors (Lipinski definition) is 1. The number of carbonyl (C=O) groups is 1. The fourth-order valence-electron chi connectivity index (χ4n) is 1.58. The minimum Gasteiger partial charge on any atom is -0.386 e. The fraction of sp³-hybridized carbons (Fsp3) is 0.556. The molecule has 0 bridgehead atoms. The molecule has 0 unspecified atom stereocenters. The fourth-order valence-corrected chi connectivity index (χ4v) is 1.58. The van der Waals surface area contributed by atoms with Crippen LogP contribution < -0.4 is 5.32 Å². The normalized spacial score (nSPS) is 13.0. The number of amides is 1. The molecule has 1 rings (SSSR count). The number of nitrogens with zero attached hydrogens (tertiary/aromatic N) is 1. The molecule has 0 aliphatic rings. The first kappa shape index (κ1) is 18.2. The van der Waals surface area contributed by atoms with E-state index in [1.54, 1.807) is 0 Å². The maximum atomic E-state index is 11.8. The van der Waals surface area contributed by atoms with Crippen LogP contribution in [0.1, 0.15) is 54.0 Å².